The molecule has 0 saturated heterocycles. The van der Waals surface area contributed by atoms with E-state index in [1.807, 2.05) is 6.20 Å². The zero-order valence-corrected chi connectivity index (χ0v) is 7.11. The minimum atomic E-state index is 0.402. The third kappa shape index (κ3) is 1.15. The van der Waals surface area contributed by atoms with E-state index in [1.165, 1.54) is 8.91 Å². The summed E-state index contributed by atoms with van der Waals surface area (Å²) in [6.45, 7) is 2.09. The van der Waals surface area contributed by atoms with Gasteiger partial charge in [-0.05, 0) is 0 Å². The van der Waals surface area contributed by atoms with Gasteiger partial charge >= 0.3 is 56.7 Å². The second-order valence-electron chi connectivity index (χ2n) is 1.23. The Bertz CT molecular complexity index is 144. The molecule has 0 N–H and O–H groups in total. The molecule has 1 nitrogen and oxygen atoms in total. The summed E-state index contributed by atoms with van der Waals surface area (Å²) in [5.74, 6) is 0. The number of hydrogen-bond donors (Lipinski definition) is 0. The second-order valence-corrected chi connectivity index (χ2v) is 4.19. The van der Waals surface area contributed by atoms with Gasteiger partial charge in [-0.2, -0.15) is 0 Å². The van der Waals surface area contributed by atoms with Crippen molar-refractivity contribution in [2.24, 2.45) is 0 Å². The third-order valence-electron chi connectivity index (χ3n) is 0.692. The molecule has 1 rings (SSSR count). The van der Waals surface area contributed by atoms with Crippen LogP contribution >= 0.6 is 15.9 Å². The molecule has 0 aliphatic heterocycles. The summed E-state index contributed by atoms with van der Waals surface area (Å²) in [6, 6.07) is 0. The summed E-state index contributed by atoms with van der Waals surface area (Å²) in [4.78, 5) is 0. The van der Waals surface area contributed by atoms with Gasteiger partial charge in [0.1, 0.15) is 0 Å². The monoisotopic (exact) mass is 225 g/mol. The summed E-state index contributed by atoms with van der Waals surface area (Å²) in [5, 5.41) is 0. The van der Waals surface area contributed by atoms with Gasteiger partial charge in [-0.3, -0.25) is 0 Å². The minimum absolute atomic E-state index is 0.402. The van der Waals surface area contributed by atoms with Crippen LogP contribution in [0.4, 0.5) is 0 Å². The first-order valence-corrected chi connectivity index (χ1v) is 4.29. The Hall–Kier alpha value is 0.409. The van der Waals surface area contributed by atoms with E-state index in [1.54, 1.807) is 0 Å². The molecule has 0 atom stereocenters. The molecule has 0 aliphatic carbocycles. The fourth-order valence-corrected chi connectivity index (χ4v) is 2.03. The van der Waals surface area contributed by atoms with E-state index in [0.717, 1.165) is 0 Å². The Morgan fingerprint density at radius 1 is 1.86 bits per heavy atom. The Morgan fingerprint density at radius 2 is 2.57 bits per heavy atom. The van der Waals surface area contributed by atoms with Crippen LogP contribution in [0, 0.1) is 6.92 Å². The number of aromatic nitrogens is 1. The van der Waals surface area contributed by atoms with Crippen LogP contribution in [0.2, 0.25) is 0 Å². The molecule has 0 unspecified atom stereocenters. The Balaban J connectivity index is 3.12. The molecular weight excluding hydrogens is 221 g/mol. The number of nitrogens with zero attached hydrogens (tertiary/aromatic N) is 1. The van der Waals surface area contributed by atoms with Gasteiger partial charge in [-0.25, -0.2) is 0 Å². The summed E-state index contributed by atoms with van der Waals surface area (Å²) in [7, 11) is 0. The predicted molar refractivity (Wildman–Crippen MR) is 33.6 cm³/mol. The molecule has 1 aromatic heterocycles. The SMILES string of the molecule is Cc1[se]ncc1Br. The summed E-state index contributed by atoms with van der Waals surface area (Å²) >= 11 is 3.75. The van der Waals surface area contributed by atoms with Gasteiger partial charge in [-0.1, -0.05) is 0 Å². The average molecular weight is 225 g/mol. The summed E-state index contributed by atoms with van der Waals surface area (Å²) in [5.41, 5.74) is 0. The number of aryl methyl sites for hydroxylation is 1. The molecule has 7 heavy (non-hydrogen) atoms. The molecule has 0 radical (unpaired) electrons. The van der Waals surface area contributed by atoms with Crippen LogP contribution in [0.1, 0.15) is 4.44 Å². The van der Waals surface area contributed by atoms with Crippen LogP contribution in [-0.4, -0.2) is 18.7 Å². The van der Waals surface area contributed by atoms with E-state index in [9.17, 15) is 0 Å². The van der Waals surface area contributed by atoms with Gasteiger partial charge in [0.15, 0.2) is 0 Å². The second kappa shape index (κ2) is 2.12. The molecule has 3 heteroatoms. The number of rotatable bonds is 0. The maximum absolute atomic E-state index is 4.06. The van der Waals surface area contributed by atoms with Crippen molar-refractivity contribution in [2.75, 3.05) is 0 Å². The zero-order chi connectivity index (χ0) is 5.28. The van der Waals surface area contributed by atoms with Crippen molar-refractivity contribution in [1.82, 2.24) is 3.98 Å². The van der Waals surface area contributed by atoms with Crippen LogP contribution in [0.3, 0.4) is 0 Å². The fourth-order valence-electron chi connectivity index (χ4n) is 0.286. The van der Waals surface area contributed by atoms with Crippen LogP contribution in [0.15, 0.2) is 10.7 Å². The van der Waals surface area contributed by atoms with E-state index in [4.69, 9.17) is 0 Å². The van der Waals surface area contributed by atoms with Crippen molar-refractivity contribution < 1.29 is 0 Å². The van der Waals surface area contributed by atoms with E-state index < -0.39 is 0 Å². The molecular formula is C4H4BrNSe. The number of hydrogen-bond acceptors (Lipinski definition) is 1. The molecule has 0 aliphatic rings. The van der Waals surface area contributed by atoms with Gasteiger partial charge < -0.3 is 0 Å². The Labute approximate surface area is 56.9 Å². The van der Waals surface area contributed by atoms with Crippen LogP contribution in [0.5, 0.6) is 0 Å². The van der Waals surface area contributed by atoms with E-state index in [-0.39, 0.29) is 0 Å². The molecule has 0 fully saturated rings. The Morgan fingerprint density at radius 3 is 2.71 bits per heavy atom. The first kappa shape index (κ1) is 5.54. The van der Waals surface area contributed by atoms with E-state index in [2.05, 4.69) is 26.8 Å². The van der Waals surface area contributed by atoms with Crippen molar-refractivity contribution in [1.29, 1.82) is 0 Å². The predicted octanol–water partition coefficient (Wildman–Crippen LogP) is 1.21. The standard InChI is InChI=1S/C4H4BrNSe/c1-3-4(5)2-6-7-3/h2H,1H3. The molecule has 0 amide bonds. The van der Waals surface area contributed by atoms with Gasteiger partial charge in [0.25, 0.3) is 0 Å². The van der Waals surface area contributed by atoms with Crippen molar-refractivity contribution in [3.8, 4) is 0 Å². The van der Waals surface area contributed by atoms with Gasteiger partial charge in [0.2, 0.25) is 0 Å². The van der Waals surface area contributed by atoms with E-state index in [0.29, 0.717) is 14.7 Å². The zero-order valence-electron chi connectivity index (χ0n) is 3.81. The molecule has 0 aromatic carbocycles. The van der Waals surface area contributed by atoms with Gasteiger partial charge in [0.05, 0.1) is 0 Å². The topological polar surface area (TPSA) is 12.9 Å². The molecule has 1 heterocycles. The first-order valence-electron chi connectivity index (χ1n) is 1.87. The van der Waals surface area contributed by atoms with Gasteiger partial charge in [-0.15, -0.1) is 0 Å². The van der Waals surface area contributed by atoms with Crippen LogP contribution in [0.25, 0.3) is 0 Å². The maximum atomic E-state index is 4.06. The molecule has 0 saturated carbocycles. The van der Waals surface area contributed by atoms with Crippen molar-refractivity contribution in [3.05, 3.63) is 15.1 Å². The quantitative estimate of drug-likeness (QED) is 0.604. The number of halogens is 1. The molecule has 0 bridgehead atoms. The average Bonchev–Trinajstić information content (AvgIpc) is 1.91. The van der Waals surface area contributed by atoms with Crippen molar-refractivity contribution in [3.63, 3.8) is 0 Å². The van der Waals surface area contributed by atoms with E-state index >= 15 is 0 Å². The third-order valence-corrected chi connectivity index (χ3v) is 3.56. The molecule has 0 spiro atoms. The van der Waals surface area contributed by atoms with Crippen molar-refractivity contribution >= 4 is 30.7 Å². The first-order chi connectivity index (χ1) is 3.30. The van der Waals surface area contributed by atoms with Gasteiger partial charge in [0, 0.05) is 0 Å². The fraction of sp³-hybridized carbons (Fsp3) is 0.250. The normalized spacial score (nSPS) is 9.43. The van der Waals surface area contributed by atoms with Crippen LogP contribution in [-0.2, 0) is 0 Å². The summed E-state index contributed by atoms with van der Waals surface area (Å²) < 4.78 is 6.62. The molecule has 38 valence electrons. The Kier molecular flexibility index (Phi) is 1.68. The summed E-state index contributed by atoms with van der Waals surface area (Å²) in [6.07, 6.45) is 1.87. The molecule has 1 aromatic rings. The van der Waals surface area contributed by atoms with Crippen molar-refractivity contribution in [2.45, 2.75) is 6.92 Å². The van der Waals surface area contributed by atoms with Crippen LogP contribution < -0.4 is 0 Å².